The van der Waals surface area contributed by atoms with Gasteiger partial charge in [-0.25, -0.2) is 4.79 Å². The summed E-state index contributed by atoms with van der Waals surface area (Å²) in [5, 5.41) is 6.26. The standard InChI is InChI=1S/C21H26BrClN4O2/c1-26-10-12-27(13-11-26)18-6-4-17(5-7-18)25-21(28)24-9-2-14-29-20-8-3-16(22)15-19(20)23/h3-8,15H,2,9-14H2,1H3,(H2,24,25,28). The van der Waals surface area contributed by atoms with Gasteiger partial charge in [0.1, 0.15) is 5.75 Å². The fourth-order valence-electron chi connectivity index (χ4n) is 3.04. The first kappa shape index (κ1) is 21.7. The van der Waals surface area contributed by atoms with Gasteiger partial charge >= 0.3 is 6.03 Å². The molecule has 1 aliphatic heterocycles. The summed E-state index contributed by atoms with van der Waals surface area (Å²) < 4.78 is 6.54. The molecule has 0 aliphatic carbocycles. The maximum atomic E-state index is 12.1. The lowest BCUT2D eigenvalue weighted by Gasteiger charge is -2.34. The summed E-state index contributed by atoms with van der Waals surface area (Å²) in [4.78, 5) is 16.7. The van der Waals surface area contributed by atoms with Crippen LogP contribution in [0.5, 0.6) is 5.75 Å². The Morgan fingerprint density at radius 2 is 1.86 bits per heavy atom. The molecule has 6 nitrogen and oxygen atoms in total. The van der Waals surface area contributed by atoms with Crippen LogP contribution in [0.4, 0.5) is 16.2 Å². The van der Waals surface area contributed by atoms with Crippen molar-refractivity contribution in [2.75, 3.05) is 56.6 Å². The van der Waals surface area contributed by atoms with Crippen LogP contribution in [0.2, 0.25) is 5.02 Å². The monoisotopic (exact) mass is 480 g/mol. The number of carbonyl (C=O) groups excluding carboxylic acids is 1. The van der Waals surface area contributed by atoms with Crippen molar-refractivity contribution in [3.63, 3.8) is 0 Å². The Bertz CT molecular complexity index is 811. The Morgan fingerprint density at radius 3 is 2.55 bits per heavy atom. The van der Waals surface area contributed by atoms with E-state index in [0.717, 1.165) is 36.3 Å². The van der Waals surface area contributed by atoms with E-state index in [1.54, 1.807) is 6.07 Å². The SMILES string of the molecule is CN1CCN(c2ccc(NC(=O)NCCCOc3ccc(Br)cc3Cl)cc2)CC1. The van der Waals surface area contributed by atoms with Crippen LogP contribution in [0.1, 0.15) is 6.42 Å². The van der Waals surface area contributed by atoms with E-state index in [-0.39, 0.29) is 6.03 Å². The number of nitrogens with one attached hydrogen (secondary N) is 2. The molecule has 0 radical (unpaired) electrons. The van der Waals surface area contributed by atoms with Crippen LogP contribution in [0.15, 0.2) is 46.9 Å². The minimum atomic E-state index is -0.223. The number of benzene rings is 2. The Hall–Kier alpha value is -1.96. The fraction of sp³-hybridized carbons (Fsp3) is 0.381. The number of ether oxygens (including phenoxy) is 1. The molecule has 2 aromatic rings. The van der Waals surface area contributed by atoms with E-state index < -0.39 is 0 Å². The van der Waals surface area contributed by atoms with E-state index in [2.05, 4.69) is 55.5 Å². The molecule has 2 amide bonds. The maximum Gasteiger partial charge on any atom is 0.319 e. The molecule has 1 heterocycles. The van der Waals surface area contributed by atoms with Crippen LogP contribution < -0.4 is 20.3 Å². The predicted octanol–water partition coefficient (Wildman–Crippen LogP) is 4.44. The van der Waals surface area contributed by atoms with Crippen molar-refractivity contribution in [1.82, 2.24) is 10.2 Å². The number of piperazine rings is 1. The third kappa shape index (κ3) is 6.80. The maximum absolute atomic E-state index is 12.1. The van der Waals surface area contributed by atoms with Gasteiger partial charge in [-0.05, 0) is 55.9 Å². The van der Waals surface area contributed by atoms with Crippen molar-refractivity contribution in [2.24, 2.45) is 0 Å². The van der Waals surface area contributed by atoms with Crippen molar-refractivity contribution < 1.29 is 9.53 Å². The molecule has 1 saturated heterocycles. The summed E-state index contributed by atoms with van der Waals surface area (Å²) in [7, 11) is 2.14. The second-order valence-corrected chi connectivity index (χ2v) is 8.32. The van der Waals surface area contributed by atoms with Crippen LogP contribution in [-0.2, 0) is 0 Å². The van der Waals surface area contributed by atoms with Crippen LogP contribution in [0.25, 0.3) is 0 Å². The number of hydrogen-bond acceptors (Lipinski definition) is 4. The number of carbonyl (C=O) groups is 1. The average molecular weight is 482 g/mol. The summed E-state index contributed by atoms with van der Waals surface area (Å²) >= 11 is 9.47. The van der Waals surface area contributed by atoms with Crippen molar-refractivity contribution in [1.29, 1.82) is 0 Å². The summed E-state index contributed by atoms with van der Waals surface area (Å²) in [6.07, 6.45) is 0.683. The number of halogens is 2. The third-order valence-electron chi connectivity index (χ3n) is 4.75. The smallest absolute Gasteiger partial charge is 0.319 e. The number of urea groups is 1. The zero-order chi connectivity index (χ0) is 20.6. The molecule has 2 aromatic carbocycles. The number of likely N-dealkylation sites (N-methyl/N-ethyl adjacent to an activating group) is 1. The molecule has 0 bridgehead atoms. The Balaban J connectivity index is 1.35. The topological polar surface area (TPSA) is 56.8 Å². The molecule has 0 atom stereocenters. The van der Waals surface area contributed by atoms with Gasteiger partial charge in [0.25, 0.3) is 0 Å². The van der Waals surface area contributed by atoms with Gasteiger partial charge in [-0.2, -0.15) is 0 Å². The highest BCUT2D eigenvalue weighted by molar-refractivity contribution is 9.10. The van der Waals surface area contributed by atoms with E-state index >= 15 is 0 Å². The summed E-state index contributed by atoms with van der Waals surface area (Å²) in [5.74, 6) is 0.639. The van der Waals surface area contributed by atoms with E-state index in [0.29, 0.717) is 30.3 Å². The first-order chi connectivity index (χ1) is 14.0. The van der Waals surface area contributed by atoms with Gasteiger partial charge in [-0.15, -0.1) is 0 Å². The highest BCUT2D eigenvalue weighted by Crippen LogP contribution is 2.27. The largest absolute Gasteiger partial charge is 0.492 e. The molecule has 8 heteroatoms. The van der Waals surface area contributed by atoms with Gasteiger partial charge in [0.2, 0.25) is 0 Å². The first-order valence-electron chi connectivity index (χ1n) is 9.67. The molecular formula is C21H26BrClN4O2. The Labute approximate surface area is 185 Å². The quantitative estimate of drug-likeness (QED) is 0.574. The van der Waals surface area contributed by atoms with Crippen LogP contribution in [0, 0.1) is 0 Å². The molecule has 0 saturated carbocycles. The Kier molecular flexibility index (Phi) is 8.03. The average Bonchev–Trinajstić information content (AvgIpc) is 2.70. The zero-order valence-electron chi connectivity index (χ0n) is 16.5. The summed E-state index contributed by atoms with van der Waals surface area (Å²) in [6.45, 7) is 5.18. The molecule has 2 N–H and O–H groups in total. The molecule has 29 heavy (non-hydrogen) atoms. The van der Waals surface area contributed by atoms with Crippen molar-refractivity contribution in [3.8, 4) is 5.75 Å². The number of anilines is 2. The number of rotatable bonds is 7. The molecule has 0 spiro atoms. The highest BCUT2D eigenvalue weighted by atomic mass is 79.9. The lowest BCUT2D eigenvalue weighted by Crippen LogP contribution is -2.44. The number of amides is 2. The van der Waals surface area contributed by atoms with E-state index in [9.17, 15) is 4.79 Å². The third-order valence-corrected chi connectivity index (χ3v) is 5.54. The number of hydrogen-bond donors (Lipinski definition) is 2. The minimum absolute atomic E-state index is 0.223. The van der Waals surface area contributed by atoms with Crippen LogP contribution >= 0.6 is 27.5 Å². The van der Waals surface area contributed by atoms with Gasteiger partial charge < -0.3 is 25.2 Å². The van der Waals surface area contributed by atoms with E-state index in [4.69, 9.17) is 16.3 Å². The van der Waals surface area contributed by atoms with E-state index in [1.807, 2.05) is 24.3 Å². The zero-order valence-corrected chi connectivity index (χ0v) is 18.8. The van der Waals surface area contributed by atoms with Gasteiger partial charge in [0, 0.05) is 48.6 Å². The second-order valence-electron chi connectivity index (χ2n) is 6.99. The number of nitrogens with zero attached hydrogens (tertiary/aromatic N) is 2. The predicted molar refractivity (Wildman–Crippen MR) is 122 cm³/mol. The van der Waals surface area contributed by atoms with Crippen LogP contribution in [-0.4, -0.2) is 57.3 Å². The first-order valence-corrected chi connectivity index (χ1v) is 10.8. The van der Waals surface area contributed by atoms with Gasteiger partial charge in [-0.1, -0.05) is 27.5 Å². The Morgan fingerprint density at radius 1 is 1.14 bits per heavy atom. The molecule has 1 fully saturated rings. The lowest BCUT2D eigenvalue weighted by molar-refractivity contribution is 0.250. The molecule has 0 unspecified atom stereocenters. The summed E-state index contributed by atoms with van der Waals surface area (Å²) in [5.41, 5.74) is 1.96. The molecule has 3 rings (SSSR count). The van der Waals surface area contributed by atoms with Gasteiger partial charge in [-0.3, -0.25) is 0 Å². The summed E-state index contributed by atoms with van der Waals surface area (Å²) in [6, 6.07) is 13.2. The normalized spacial score (nSPS) is 14.5. The van der Waals surface area contributed by atoms with Gasteiger partial charge in [0.05, 0.1) is 11.6 Å². The molecule has 0 aromatic heterocycles. The van der Waals surface area contributed by atoms with Crippen molar-refractivity contribution in [3.05, 3.63) is 52.0 Å². The molecule has 156 valence electrons. The van der Waals surface area contributed by atoms with E-state index in [1.165, 1.54) is 5.69 Å². The van der Waals surface area contributed by atoms with Crippen LogP contribution in [0.3, 0.4) is 0 Å². The van der Waals surface area contributed by atoms with Crippen molar-refractivity contribution >= 4 is 44.9 Å². The highest BCUT2D eigenvalue weighted by Gasteiger charge is 2.14. The second kappa shape index (κ2) is 10.7. The van der Waals surface area contributed by atoms with Crippen molar-refractivity contribution in [2.45, 2.75) is 6.42 Å². The minimum Gasteiger partial charge on any atom is -0.492 e. The van der Waals surface area contributed by atoms with Gasteiger partial charge in [0.15, 0.2) is 0 Å². The molecule has 1 aliphatic rings. The lowest BCUT2D eigenvalue weighted by atomic mass is 10.2. The fourth-order valence-corrected chi connectivity index (χ4v) is 3.77. The molecular weight excluding hydrogens is 456 g/mol.